The Bertz CT molecular complexity index is 751. The molecule has 0 aliphatic carbocycles. The van der Waals surface area contributed by atoms with Crippen molar-refractivity contribution in [2.45, 2.75) is 19.3 Å². The summed E-state index contributed by atoms with van der Waals surface area (Å²) in [5.41, 5.74) is -0.184. The van der Waals surface area contributed by atoms with Gasteiger partial charge in [0.25, 0.3) is 0 Å². The molecule has 0 atom stereocenters. The number of piperidine rings is 1. The lowest BCUT2D eigenvalue weighted by Crippen LogP contribution is -2.33. The van der Waals surface area contributed by atoms with Gasteiger partial charge in [-0.15, -0.1) is 0 Å². The minimum Gasteiger partial charge on any atom is -0.363 e. The van der Waals surface area contributed by atoms with E-state index in [0.29, 0.717) is 12.4 Å². The van der Waals surface area contributed by atoms with Gasteiger partial charge < -0.3 is 15.5 Å². The molecule has 0 unspecified atom stereocenters. The third-order valence-corrected chi connectivity index (χ3v) is 4.62. The van der Waals surface area contributed by atoms with Crippen LogP contribution in [0.5, 0.6) is 0 Å². The van der Waals surface area contributed by atoms with Gasteiger partial charge >= 0.3 is 5.69 Å². The number of likely N-dealkylation sites (tertiary alicyclic amines) is 1. The third-order valence-electron chi connectivity index (χ3n) is 4.15. The molecule has 3 heterocycles. The van der Waals surface area contributed by atoms with Gasteiger partial charge in [0.1, 0.15) is 12.1 Å². The highest BCUT2D eigenvalue weighted by Gasteiger charge is 2.23. The summed E-state index contributed by atoms with van der Waals surface area (Å²) in [5, 5.41) is 17.5. The molecule has 0 saturated carbocycles. The van der Waals surface area contributed by atoms with Crippen LogP contribution >= 0.6 is 15.9 Å². The average molecular weight is 422 g/mol. The first kappa shape index (κ1) is 18.5. The molecule has 138 valence electrons. The van der Waals surface area contributed by atoms with Crippen LogP contribution in [-0.2, 0) is 0 Å². The van der Waals surface area contributed by atoms with E-state index in [1.807, 2.05) is 0 Å². The molecule has 2 N–H and O–H groups in total. The second kappa shape index (κ2) is 8.86. The van der Waals surface area contributed by atoms with Crippen LogP contribution in [0.4, 0.5) is 23.1 Å². The second-order valence-corrected chi connectivity index (χ2v) is 6.91. The number of anilines is 3. The van der Waals surface area contributed by atoms with E-state index in [-0.39, 0.29) is 17.3 Å². The highest BCUT2D eigenvalue weighted by Crippen LogP contribution is 2.30. The number of aromatic nitrogens is 3. The van der Waals surface area contributed by atoms with Crippen molar-refractivity contribution in [3.05, 3.63) is 39.2 Å². The number of halogens is 1. The van der Waals surface area contributed by atoms with Crippen LogP contribution in [0.3, 0.4) is 0 Å². The molecule has 1 aliphatic rings. The quantitative estimate of drug-likeness (QED) is 0.517. The van der Waals surface area contributed by atoms with Crippen molar-refractivity contribution >= 4 is 39.1 Å². The number of nitro groups is 1. The summed E-state index contributed by atoms with van der Waals surface area (Å²) in [4.78, 5) is 25.7. The van der Waals surface area contributed by atoms with Crippen molar-refractivity contribution in [3.63, 3.8) is 0 Å². The Morgan fingerprint density at radius 2 is 1.92 bits per heavy atom. The zero-order valence-electron chi connectivity index (χ0n) is 14.2. The van der Waals surface area contributed by atoms with Gasteiger partial charge in [0.05, 0.1) is 4.92 Å². The number of nitrogens with zero attached hydrogens (tertiary/aromatic N) is 5. The van der Waals surface area contributed by atoms with Gasteiger partial charge in [-0.3, -0.25) is 10.1 Å². The lowest BCUT2D eigenvalue weighted by Gasteiger charge is -2.26. The molecule has 2 aromatic heterocycles. The molecule has 10 heteroatoms. The average Bonchev–Trinajstić information content (AvgIpc) is 2.64. The van der Waals surface area contributed by atoms with Crippen molar-refractivity contribution in [2.24, 2.45) is 0 Å². The summed E-state index contributed by atoms with van der Waals surface area (Å²) in [6.07, 6.45) is 6.61. The smallest absolute Gasteiger partial charge is 0.353 e. The maximum Gasteiger partial charge on any atom is 0.353 e. The maximum atomic E-state index is 11.6. The van der Waals surface area contributed by atoms with Crippen molar-refractivity contribution < 1.29 is 4.92 Å². The Morgan fingerprint density at radius 3 is 2.62 bits per heavy atom. The molecule has 9 nitrogen and oxygen atoms in total. The summed E-state index contributed by atoms with van der Waals surface area (Å²) in [7, 11) is 0. The number of rotatable bonds is 7. The van der Waals surface area contributed by atoms with Gasteiger partial charge in [-0.05, 0) is 54.0 Å². The standard InChI is InChI=1S/C16H20BrN7O2/c17-12-4-5-13(19-10-12)22-16-14(24(25)26)15(20-11-21-16)18-6-9-23-7-2-1-3-8-23/h4-5,10-11H,1-3,6-9H2,(H2,18,19,20,21,22). The fraction of sp³-hybridized carbons (Fsp3) is 0.438. The van der Waals surface area contributed by atoms with E-state index in [9.17, 15) is 10.1 Å². The second-order valence-electron chi connectivity index (χ2n) is 5.99. The van der Waals surface area contributed by atoms with E-state index in [2.05, 4.69) is 46.4 Å². The molecule has 0 spiro atoms. The molecule has 0 amide bonds. The fourth-order valence-electron chi connectivity index (χ4n) is 2.86. The van der Waals surface area contributed by atoms with E-state index in [4.69, 9.17) is 0 Å². The Hall–Kier alpha value is -2.33. The Kier molecular flexibility index (Phi) is 6.29. The van der Waals surface area contributed by atoms with E-state index < -0.39 is 4.92 Å². The Morgan fingerprint density at radius 1 is 1.15 bits per heavy atom. The molecular formula is C16H20BrN7O2. The number of hydrogen-bond donors (Lipinski definition) is 2. The van der Waals surface area contributed by atoms with Crippen LogP contribution in [-0.4, -0.2) is 51.0 Å². The van der Waals surface area contributed by atoms with Crippen LogP contribution in [0.15, 0.2) is 29.1 Å². The first-order valence-corrected chi connectivity index (χ1v) is 9.27. The molecule has 0 bridgehead atoms. The van der Waals surface area contributed by atoms with Crippen molar-refractivity contribution in [1.82, 2.24) is 19.9 Å². The number of pyridine rings is 1. The van der Waals surface area contributed by atoms with Crippen LogP contribution in [0, 0.1) is 10.1 Å². The first-order chi connectivity index (χ1) is 12.6. The molecule has 1 saturated heterocycles. The molecule has 2 aromatic rings. The molecule has 1 fully saturated rings. The van der Waals surface area contributed by atoms with Crippen molar-refractivity contribution in [3.8, 4) is 0 Å². The fourth-order valence-corrected chi connectivity index (χ4v) is 3.09. The summed E-state index contributed by atoms with van der Waals surface area (Å²) in [5.74, 6) is 0.788. The highest BCUT2D eigenvalue weighted by atomic mass is 79.9. The van der Waals surface area contributed by atoms with Gasteiger partial charge in [-0.1, -0.05) is 6.42 Å². The van der Waals surface area contributed by atoms with Crippen molar-refractivity contribution in [2.75, 3.05) is 36.8 Å². The monoisotopic (exact) mass is 421 g/mol. The van der Waals surface area contributed by atoms with Crippen LogP contribution in [0.25, 0.3) is 0 Å². The summed E-state index contributed by atoms with van der Waals surface area (Å²) < 4.78 is 0.820. The lowest BCUT2D eigenvalue weighted by atomic mass is 10.1. The molecule has 0 radical (unpaired) electrons. The Balaban J connectivity index is 1.70. The molecule has 1 aliphatic heterocycles. The van der Waals surface area contributed by atoms with Crippen LogP contribution in [0.2, 0.25) is 0 Å². The molecular weight excluding hydrogens is 402 g/mol. The topological polar surface area (TPSA) is 109 Å². The SMILES string of the molecule is O=[N+]([O-])c1c(NCCN2CCCCC2)ncnc1Nc1ccc(Br)cn1. The van der Waals surface area contributed by atoms with Gasteiger partial charge in [-0.2, -0.15) is 0 Å². The Labute approximate surface area is 159 Å². The predicted octanol–water partition coefficient (Wildman–Crippen LogP) is 3.18. The van der Waals surface area contributed by atoms with E-state index >= 15 is 0 Å². The zero-order chi connectivity index (χ0) is 18.4. The predicted molar refractivity (Wildman–Crippen MR) is 103 cm³/mol. The van der Waals surface area contributed by atoms with Crippen molar-refractivity contribution in [1.29, 1.82) is 0 Å². The van der Waals surface area contributed by atoms with Gasteiger partial charge in [0.2, 0.25) is 11.6 Å². The third kappa shape index (κ3) is 4.85. The minimum absolute atomic E-state index is 0.111. The maximum absolute atomic E-state index is 11.6. The molecule has 3 rings (SSSR count). The zero-order valence-corrected chi connectivity index (χ0v) is 15.8. The summed E-state index contributed by atoms with van der Waals surface area (Å²) >= 11 is 3.30. The number of hydrogen-bond acceptors (Lipinski definition) is 8. The number of nitrogens with one attached hydrogen (secondary N) is 2. The van der Waals surface area contributed by atoms with E-state index in [1.54, 1.807) is 18.3 Å². The summed E-state index contributed by atoms with van der Waals surface area (Å²) in [6, 6.07) is 3.50. The van der Waals surface area contributed by atoms with Gasteiger partial charge in [0, 0.05) is 23.8 Å². The van der Waals surface area contributed by atoms with E-state index in [0.717, 1.165) is 24.1 Å². The molecule has 0 aromatic carbocycles. The van der Waals surface area contributed by atoms with Gasteiger partial charge in [0.15, 0.2) is 0 Å². The van der Waals surface area contributed by atoms with Crippen LogP contribution < -0.4 is 10.6 Å². The summed E-state index contributed by atoms with van der Waals surface area (Å²) in [6.45, 7) is 3.58. The first-order valence-electron chi connectivity index (χ1n) is 8.47. The molecule has 26 heavy (non-hydrogen) atoms. The lowest BCUT2D eigenvalue weighted by molar-refractivity contribution is -0.383. The minimum atomic E-state index is -0.482. The van der Waals surface area contributed by atoms with Gasteiger partial charge in [-0.25, -0.2) is 15.0 Å². The highest BCUT2D eigenvalue weighted by molar-refractivity contribution is 9.10. The van der Waals surface area contributed by atoms with E-state index in [1.165, 1.54) is 25.6 Å². The normalized spacial score (nSPS) is 14.8. The van der Waals surface area contributed by atoms with Crippen LogP contribution in [0.1, 0.15) is 19.3 Å². The largest absolute Gasteiger partial charge is 0.363 e.